The molecule has 0 atom stereocenters. The number of carbonyl (C=O) groups excluding carboxylic acids is 1. The first-order valence-corrected chi connectivity index (χ1v) is 10.5. The highest BCUT2D eigenvalue weighted by Crippen LogP contribution is 2.25. The summed E-state index contributed by atoms with van der Waals surface area (Å²) in [5.41, 5.74) is 4.37. The van der Waals surface area contributed by atoms with Crippen molar-refractivity contribution in [2.75, 3.05) is 41.8 Å². The van der Waals surface area contributed by atoms with Crippen LogP contribution in [0.3, 0.4) is 0 Å². The maximum Gasteiger partial charge on any atom is 0.227 e. The van der Waals surface area contributed by atoms with Gasteiger partial charge in [0.25, 0.3) is 0 Å². The predicted molar refractivity (Wildman–Crippen MR) is 124 cm³/mol. The smallest absolute Gasteiger partial charge is 0.227 e. The second-order valence-electron chi connectivity index (χ2n) is 7.31. The molecule has 32 heavy (non-hydrogen) atoms. The van der Waals surface area contributed by atoms with Crippen LogP contribution in [-0.2, 0) is 9.53 Å². The number of hydrogen-bond acceptors (Lipinski definition) is 7. The van der Waals surface area contributed by atoms with Crippen LogP contribution < -0.4 is 15.5 Å². The van der Waals surface area contributed by atoms with Gasteiger partial charge in [0, 0.05) is 42.6 Å². The average molecular weight is 428 g/mol. The minimum atomic E-state index is -0.137. The number of amides is 1. The zero-order chi connectivity index (χ0) is 22.3. The first-order chi connectivity index (χ1) is 15.7. The highest BCUT2D eigenvalue weighted by molar-refractivity contribution is 5.92. The highest BCUT2D eigenvalue weighted by atomic mass is 16.5. The van der Waals surface area contributed by atoms with Crippen molar-refractivity contribution in [3.63, 3.8) is 0 Å². The van der Waals surface area contributed by atoms with Crippen molar-refractivity contribution < 1.29 is 9.53 Å². The Morgan fingerprint density at radius 3 is 2.66 bits per heavy atom. The molecule has 1 saturated heterocycles. The van der Waals surface area contributed by atoms with E-state index in [1.54, 1.807) is 31.3 Å². The summed E-state index contributed by atoms with van der Waals surface area (Å²) in [6.45, 7) is 5.05. The Labute approximate surface area is 186 Å². The maximum absolute atomic E-state index is 11.7. The molecular weight excluding hydrogens is 404 g/mol. The standard InChI is InChI=1S/C24H24N6O2/c1-2-23(31)28-21-8-3-17(15-18(21)16-25)22-9-10-26-24(29-22)27-19-4-6-20(7-5-19)30-11-13-32-14-12-30/h3-10,15H,2,11-14H2,1H3,(H,28,31)(H,26,27,29). The van der Waals surface area contributed by atoms with Crippen molar-refractivity contribution in [2.45, 2.75) is 13.3 Å². The Balaban J connectivity index is 1.50. The Hall–Kier alpha value is -3.96. The number of nitrogens with zero attached hydrogens (tertiary/aromatic N) is 4. The Kier molecular flexibility index (Phi) is 6.58. The van der Waals surface area contributed by atoms with E-state index in [2.05, 4.69) is 43.7 Å². The van der Waals surface area contributed by atoms with Gasteiger partial charge in [0.2, 0.25) is 11.9 Å². The number of anilines is 4. The van der Waals surface area contributed by atoms with Crippen LogP contribution in [0.1, 0.15) is 18.9 Å². The molecule has 2 N–H and O–H groups in total. The summed E-state index contributed by atoms with van der Waals surface area (Å²) in [5, 5.41) is 15.5. The van der Waals surface area contributed by atoms with Crippen molar-refractivity contribution >= 4 is 28.9 Å². The number of carbonyl (C=O) groups is 1. The molecule has 0 bridgehead atoms. The second-order valence-corrected chi connectivity index (χ2v) is 7.31. The van der Waals surface area contributed by atoms with Gasteiger partial charge in [-0.05, 0) is 42.5 Å². The Morgan fingerprint density at radius 2 is 1.94 bits per heavy atom. The van der Waals surface area contributed by atoms with E-state index in [1.807, 2.05) is 18.2 Å². The van der Waals surface area contributed by atoms with Gasteiger partial charge < -0.3 is 20.3 Å². The molecule has 8 nitrogen and oxygen atoms in total. The lowest BCUT2D eigenvalue weighted by molar-refractivity contribution is -0.115. The third-order valence-electron chi connectivity index (χ3n) is 5.19. The molecule has 162 valence electrons. The number of ether oxygens (including phenoxy) is 1. The van der Waals surface area contributed by atoms with Crippen LogP contribution in [0.25, 0.3) is 11.3 Å². The molecule has 3 aromatic rings. The van der Waals surface area contributed by atoms with E-state index in [-0.39, 0.29) is 5.91 Å². The molecule has 8 heteroatoms. The maximum atomic E-state index is 11.7. The van der Waals surface area contributed by atoms with Crippen LogP contribution in [0, 0.1) is 11.3 Å². The molecule has 0 unspecified atom stereocenters. The average Bonchev–Trinajstić information content (AvgIpc) is 2.85. The van der Waals surface area contributed by atoms with Crippen LogP contribution in [0.4, 0.5) is 23.0 Å². The molecule has 0 saturated carbocycles. The normalized spacial score (nSPS) is 13.3. The topological polar surface area (TPSA) is 103 Å². The third-order valence-corrected chi connectivity index (χ3v) is 5.19. The number of rotatable bonds is 6. The minimum Gasteiger partial charge on any atom is -0.378 e. The zero-order valence-corrected chi connectivity index (χ0v) is 17.8. The van der Waals surface area contributed by atoms with Crippen molar-refractivity contribution in [2.24, 2.45) is 0 Å². The number of nitrogens with one attached hydrogen (secondary N) is 2. The van der Waals surface area contributed by atoms with Crippen molar-refractivity contribution in [1.29, 1.82) is 5.26 Å². The lowest BCUT2D eigenvalue weighted by Crippen LogP contribution is -2.36. The molecule has 2 heterocycles. The summed E-state index contributed by atoms with van der Waals surface area (Å²) in [6, 6.07) is 17.3. The van der Waals surface area contributed by atoms with Gasteiger partial charge in [-0.1, -0.05) is 13.0 Å². The molecule has 2 aromatic carbocycles. The fourth-order valence-electron chi connectivity index (χ4n) is 3.43. The first kappa shape index (κ1) is 21.3. The van der Waals surface area contributed by atoms with Gasteiger partial charge in [0.1, 0.15) is 6.07 Å². The quantitative estimate of drug-likeness (QED) is 0.613. The van der Waals surface area contributed by atoms with Gasteiger partial charge in [-0.25, -0.2) is 9.97 Å². The number of aromatic nitrogens is 2. The van der Waals surface area contributed by atoms with Crippen LogP contribution >= 0.6 is 0 Å². The molecule has 0 radical (unpaired) electrons. The number of benzene rings is 2. The summed E-state index contributed by atoms with van der Waals surface area (Å²) in [7, 11) is 0. The van der Waals surface area contributed by atoms with Crippen LogP contribution in [0.15, 0.2) is 54.7 Å². The van der Waals surface area contributed by atoms with Crippen LogP contribution in [0.2, 0.25) is 0 Å². The fraction of sp³-hybridized carbons (Fsp3) is 0.250. The molecule has 4 rings (SSSR count). The van der Waals surface area contributed by atoms with E-state index in [4.69, 9.17) is 4.74 Å². The fourth-order valence-corrected chi connectivity index (χ4v) is 3.43. The highest BCUT2D eigenvalue weighted by Gasteiger charge is 2.12. The van der Waals surface area contributed by atoms with Gasteiger partial charge in [-0.15, -0.1) is 0 Å². The van der Waals surface area contributed by atoms with Gasteiger partial charge in [-0.3, -0.25) is 4.79 Å². The van der Waals surface area contributed by atoms with Crippen LogP contribution in [-0.4, -0.2) is 42.2 Å². The second kappa shape index (κ2) is 9.90. The SMILES string of the molecule is CCC(=O)Nc1ccc(-c2ccnc(Nc3ccc(N4CCOCC4)cc3)n2)cc1C#N. The summed E-state index contributed by atoms with van der Waals surface area (Å²) in [5.74, 6) is 0.325. The predicted octanol–water partition coefficient (Wildman–Crippen LogP) is 3.94. The first-order valence-electron chi connectivity index (χ1n) is 10.5. The molecule has 1 aliphatic heterocycles. The summed E-state index contributed by atoms with van der Waals surface area (Å²) >= 11 is 0. The Morgan fingerprint density at radius 1 is 1.16 bits per heavy atom. The molecule has 1 aromatic heterocycles. The number of morpholine rings is 1. The molecule has 1 fully saturated rings. The molecule has 0 spiro atoms. The number of hydrogen-bond donors (Lipinski definition) is 2. The number of nitriles is 1. The van der Waals surface area contributed by atoms with Gasteiger partial charge >= 0.3 is 0 Å². The van der Waals surface area contributed by atoms with E-state index in [9.17, 15) is 10.1 Å². The van der Waals surface area contributed by atoms with E-state index < -0.39 is 0 Å². The third kappa shape index (κ3) is 5.02. The lowest BCUT2D eigenvalue weighted by Gasteiger charge is -2.28. The van der Waals surface area contributed by atoms with E-state index in [1.165, 1.54) is 0 Å². The van der Waals surface area contributed by atoms with Gasteiger partial charge in [0.05, 0.1) is 30.2 Å². The van der Waals surface area contributed by atoms with E-state index in [0.29, 0.717) is 29.3 Å². The summed E-state index contributed by atoms with van der Waals surface area (Å²) in [4.78, 5) is 22.9. The summed E-state index contributed by atoms with van der Waals surface area (Å²) in [6.07, 6.45) is 2.02. The summed E-state index contributed by atoms with van der Waals surface area (Å²) < 4.78 is 5.41. The van der Waals surface area contributed by atoms with Gasteiger partial charge in [0.15, 0.2) is 0 Å². The lowest BCUT2D eigenvalue weighted by atomic mass is 10.1. The monoisotopic (exact) mass is 428 g/mol. The molecular formula is C24H24N6O2. The molecule has 1 aliphatic rings. The molecule has 1 amide bonds. The largest absolute Gasteiger partial charge is 0.378 e. The van der Waals surface area contributed by atoms with Gasteiger partial charge in [-0.2, -0.15) is 5.26 Å². The van der Waals surface area contributed by atoms with Crippen molar-refractivity contribution in [1.82, 2.24) is 9.97 Å². The van der Waals surface area contributed by atoms with Crippen molar-refractivity contribution in [3.05, 3.63) is 60.3 Å². The Bertz CT molecular complexity index is 1130. The minimum absolute atomic E-state index is 0.137. The van der Waals surface area contributed by atoms with Crippen LogP contribution in [0.5, 0.6) is 0 Å². The zero-order valence-electron chi connectivity index (χ0n) is 17.8. The van der Waals surface area contributed by atoms with E-state index >= 15 is 0 Å². The molecule has 0 aliphatic carbocycles. The van der Waals surface area contributed by atoms with Crippen molar-refractivity contribution in [3.8, 4) is 17.3 Å². The van der Waals surface area contributed by atoms with E-state index in [0.717, 1.165) is 43.2 Å².